The highest BCUT2D eigenvalue weighted by Crippen LogP contribution is 2.40. The molecule has 10 heteroatoms. The number of nitrogens with one attached hydrogen (secondary N) is 2. The smallest absolute Gasteiger partial charge is 0.338 e. The normalized spacial score (nSPS) is 17.8. The first-order valence-corrected chi connectivity index (χ1v) is 21.2. The standard InChI is InChI=1S/C46H53N3O6S/c1-3-54-45(52)33-20-24-36(25-21-33)49(37-26-27-37)29-31-10-9-12-34(28-31)42(50)48-44-41(39-14-7-8-15-40(39)56-44)43(51)47-35-22-17-30(18-23-35)16-19-32-11-5-6-13-38(32)46(53)55-4-2/h5-6,9-13,17-18,22-23,28,33,36-37H,3-4,7-8,14-16,19-21,24-27,29H2,1-2H3,(H,47,51)(H,48,50). The fraction of sp³-hybridized carbons (Fsp3) is 0.435. The van der Waals surface area contributed by atoms with Crippen LogP contribution in [0.4, 0.5) is 10.7 Å². The number of carbonyl (C=O) groups is 4. The highest BCUT2D eigenvalue weighted by atomic mass is 32.1. The van der Waals surface area contributed by atoms with E-state index < -0.39 is 0 Å². The van der Waals surface area contributed by atoms with E-state index in [1.165, 1.54) is 29.1 Å². The average Bonchev–Trinajstić information content (AvgIpc) is 4.00. The van der Waals surface area contributed by atoms with E-state index in [2.05, 4.69) is 21.6 Å². The van der Waals surface area contributed by atoms with Gasteiger partial charge in [0.2, 0.25) is 0 Å². The lowest BCUT2D eigenvalue weighted by Gasteiger charge is -2.36. The van der Waals surface area contributed by atoms with Crippen LogP contribution in [0, 0.1) is 5.92 Å². The van der Waals surface area contributed by atoms with Crippen molar-refractivity contribution in [1.29, 1.82) is 0 Å². The van der Waals surface area contributed by atoms with Crippen LogP contribution < -0.4 is 10.6 Å². The van der Waals surface area contributed by atoms with Crippen LogP contribution >= 0.6 is 11.3 Å². The Bertz CT molecular complexity index is 2030. The van der Waals surface area contributed by atoms with E-state index in [1.807, 2.05) is 67.6 Å². The first-order chi connectivity index (χ1) is 27.3. The molecule has 1 aromatic heterocycles. The van der Waals surface area contributed by atoms with Gasteiger partial charge >= 0.3 is 11.9 Å². The summed E-state index contributed by atoms with van der Waals surface area (Å²) in [5.74, 6) is -0.809. The van der Waals surface area contributed by atoms with Crippen molar-refractivity contribution in [2.75, 3.05) is 23.8 Å². The molecule has 3 aliphatic carbocycles. The summed E-state index contributed by atoms with van der Waals surface area (Å²) in [6.07, 6.45) is 11.2. The topological polar surface area (TPSA) is 114 Å². The van der Waals surface area contributed by atoms with E-state index >= 15 is 0 Å². The number of rotatable bonds is 15. The molecule has 0 saturated heterocycles. The molecule has 2 fully saturated rings. The molecule has 4 aromatic rings. The molecule has 1 heterocycles. The number of hydrogen-bond donors (Lipinski definition) is 2. The molecule has 0 atom stereocenters. The molecule has 2 saturated carbocycles. The molecule has 3 aliphatic rings. The Morgan fingerprint density at radius 2 is 1.45 bits per heavy atom. The van der Waals surface area contributed by atoms with Crippen molar-refractivity contribution >= 4 is 45.8 Å². The van der Waals surface area contributed by atoms with Crippen LogP contribution in [0.15, 0.2) is 72.8 Å². The van der Waals surface area contributed by atoms with Crippen LogP contribution in [0.5, 0.6) is 0 Å². The molecule has 0 bridgehead atoms. The molecular formula is C46H53N3O6S. The Morgan fingerprint density at radius 1 is 0.732 bits per heavy atom. The quantitative estimate of drug-likeness (QED) is 0.116. The van der Waals surface area contributed by atoms with Crippen LogP contribution in [0.3, 0.4) is 0 Å². The Hall–Kier alpha value is -4.80. The minimum absolute atomic E-state index is 0.000137. The van der Waals surface area contributed by atoms with Gasteiger partial charge in [0.1, 0.15) is 5.00 Å². The second kappa shape index (κ2) is 18.4. The molecule has 0 spiro atoms. The van der Waals surface area contributed by atoms with E-state index in [4.69, 9.17) is 9.47 Å². The molecule has 9 nitrogen and oxygen atoms in total. The Morgan fingerprint density at radius 3 is 2.18 bits per heavy atom. The maximum absolute atomic E-state index is 14.0. The zero-order chi connectivity index (χ0) is 39.0. The minimum Gasteiger partial charge on any atom is -0.466 e. The van der Waals surface area contributed by atoms with Gasteiger partial charge in [0.25, 0.3) is 11.8 Å². The van der Waals surface area contributed by atoms with E-state index in [0.29, 0.717) is 59.1 Å². The number of hydrogen-bond acceptors (Lipinski definition) is 8. The van der Waals surface area contributed by atoms with Crippen LogP contribution in [0.1, 0.15) is 123 Å². The summed E-state index contributed by atoms with van der Waals surface area (Å²) >= 11 is 1.52. The van der Waals surface area contributed by atoms with Crippen molar-refractivity contribution in [2.24, 2.45) is 5.92 Å². The summed E-state index contributed by atoms with van der Waals surface area (Å²) in [7, 11) is 0. The van der Waals surface area contributed by atoms with Crippen molar-refractivity contribution in [2.45, 2.75) is 110 Å². The van der Waals surface area contributed by atoms with Gasteiger partial charge in [-0.05, 0) is 143 Å². The fourth-order valence-corrected chi connectivity index (χ4v) is 9.61. The maximum atomic E-state index is 14.0. The third-order valence-corrected chi connectivity index (χ3v) is 12.6. The zero-order valence-corrected chi connectivity index (χ0v) is 33.4. The molecule has 2 N–H and O–H groups in total. The summed E-state index contributed by atoms with van der Waals surface area (Å²) in [5, 5.41) is 6.85. The number of esters is 2. The summed E-state index contributed by atoms with van der Waals surface area (Å²) in [4.78, 5) is 56.4. The van der Waals surface area contributed by atoms with Crippen LogP contribution in [0.2, 0.25) is 0 Å². The molecule has 0 unspecified atom stereocenters. The Labute approximate surface area is 334 Å². The van der Waals surface area contributed by atoms with Crippen LogP contribution in [-0.4, -0.2) is 54.0 Å². The lowest BCUT2D eigenvalue weighted by molar-refractivity contribution is -0.149. The lowest BCUT2D eigenvalue weighted by Crippen LogP contribution is -2.40. The predicted octanol–water partition coefficient (Wildman–Crippen LogP) is 9.18. The van der Waals surface area contributed by atoms with E-state index in [1.54, 1.807) is 13.0 Å². The minimum atomic E-state index is -0.306. The maximum Gasteiger partial charge on any atom is 0.338 e. The SMILES string of the molecule is CCOC(=O)c1ccccc1CCc1ccc(NC(=O)c2c(NC(=O)c3cccc(CN(C4CCC(C(=O)OCC)CC4)C4CC4)c3)sc3c2CCCC3)cc1. The molecule has 0 radical (unpaired) electrons. The number of aryl methyl sites for hydroxylation is 3. The van der Waals surface area contributed by atoms with Crippen molar-refractivity contribution < 1.29 is 28.7 Å². The fourth-order valence-electron chi connectivity index (χ4n) is 8.33. The number of benzene rings is 3. The highest BCUT2D eigenvalue weighted by molar-refractivity contribution is 7.17. The van der Waals surface area contributed by atoms with Gasteiger partial charge in [-0.2, -0.15) is 0 Å². The van der Waals surface area contributed by atoms with Gasteiger partial charge in [-0.15, -0.1) is 11.3 Å². The number of thiophene rings is 1. The van der Waals surface area contributed by atoms with E-state index in [0.717, 1.165) is 86.6 Å². The summed E-state index contributed by atoms with van der Waals surface area (Å²) < 4.78 is 10.5. The molecule has 3 aromatic carbocycles. The number of anilines is 2. The van der Waals surface area contributed by atoms with Gasteiger partial charge in [-0.25, -0.2) is 4.79 Å². The molecular weight excluding hydrogens is 723 g/mol. The van der Waals surface area contributed by atoms with Crippen molar-refractivity contribution in [3.05, 3.63) is 117 Å². The number of nitrogens with zero attached hydrogens (tertiary/aromatic N) is 1. The van der Waals surface area contributed by atoms with Gasteiger partial charge in [0, 0.05) is 34.8 Å². The monoisotopic (exact) mass is 775 g/mol. The Kier molecular flexibility index (Phi) is 13.0. The molecule has 0 aliphatic heterocycles. The van der Waals surface area contributed by atoms with Crippen LogP contribution in [-0.2, 0) is 46.5 Å². The second-order valence-electron chi connectivity index (χ2n) is 15.3. The third kappa shape index (κ3) is 9.59. The number of fused-ring (bicyclic) bond motifs is 1. The first kappa shape index (κ1) is 39.4. The molecule has 7 rings (SSSR count). The van der Waals surface area contributed by atoms with Gasteiger partial charge in [-0.3, -0.25) is 19.3 Å². The molecule has 294 valence electrons. The zero-order valence-electron chi connectivity index (χ0n) is 32.6. The predicted molar refractivity (Wildman–Crippen MR) is 221 cm³/mol. The van der Waals surface area contributed by atoms with Crippen molar-refractivity contribution in [1.82, 2.24) is 4.90 Å². The van der Waals surface area contributed by atoms with Crippen molar-refractivity contribution in [3.63, 3.8) is 0 Å². The van der Waals surface area contributed by atoms with E-state index in [9.17, 15) is 19.2 Å². The largest absolute Gasteiger partial charge is 0.466 e. The highest BCUT2D eigenvalue weighted by Gasteiger charge is 2.37. The van der Waals surface area contributed by atoms with Gasteiger partial charge in [0.05, 0.1) is 30.3 Å². The molecule has 2 amide bonds. The average molecular weight is 776 g/mol. The number of carbonyl (C=O) groups excluding carboxylic acids is 4. The third-order valence-electron chi connectivity index (χ3n) is 11.4. The second-order valence-corrected chi connectivity index (χ2v) is 16.4. The summed E-state index contributed by atoms with van der Waals surface area (Å²) in [5.41, 5.74) is 6.57. The Balaban J connectivity index is 1.00. The number of ether oxygens (including phenoxy) is 2. The van der Waals surface area contributed by atoms with Gasteiger partial charge < -0.3 is 20.1 Å². The van der Waals surface area contributed by atoms with Gasteiger partial charge in [0.15, 0.2) is 0 Å². The molecule has 56 heavy (non-hydrogen) atoms. The van der Waals surface area contributed by atoms with E-state index in [-0.39, 0.29) is 29.7 Å². The summed E-state index contributed by atoms with van der Waals surface area (Å²) in [6.45, 7) is 5.19. The van der Waals surface area contributed by atoms with Crippen LogP contribution in [0.25, 0.3) is 0 Å². The summed E-state index contributed by atoms with van der Waals surface area (Å²) in [6, 6.07) is 24.2. The number of amides is 2. The van der Waals surface area contributed by atoms with Gasteiger partial charge in [-0.1, -0.05) is 42.5 Å². The first-order valence-electron chi connectivity index (χ1n) is 20.4. The van der Waals surface area contributed by atoms with Crippen molar-refractivity contribution in [3.8, 4) is 0 Å². The lowest BCUT2D eigenvalue weighted by atomic mass is 9.85.